The summed E-state index contributed by atoms with van der Waals surface area (Å²) in [6, 6.07) is 8.99. The lowest BCUT2D eigenvalue weighted by atomic mass is 10.1. The number of rotatable bonds is 2. The molecule has 1 heterocycles. The minimum absolute atomic E-state index is 0. The molecule has 0 amide bonds. The summed E-state index contributed by atoms with van der Waals surface area (Å²) in [6.07, 6.45) is 1.70. The number of sulfonamides is 1. The van der Waals surface area contributed by atoms with E-state index in [9.17, 15) is 8.42 Å². The average molecular weight is 295 g/mol. The van der Waals surface area contributed by atoms with E-state index in [1.165, 1.54) is 0 Å². The Morgan fingerprint density at radius 3 is 2.53 bits per heavy atom. The number of benzene rings is 1. The molecule has 0 saturated carbocycles. The lowest BCUT2D eigenvalue weighted by molar-refractivity contribution is 0.597. The second-order valence-corrected chi connectivity index (χ2v) is 4.95. The van der Waals surface area contributed by atoms with Gasteiger partial charge < -0.3 is 0 Å². The molecule has 2 rings (SSSR count). The molecule has 1 aromatic carbocycles. The van der Waals surface area contributed by atoms with Gasteiger partial charge in [0.15, 0.2) is 0 Å². The molecule has 0 aliphatic carbocycles. The molecule has 4 nitrogen and oxygen atoms in total. The van der Waals surface area contributed by atoms with Crippen LogP contribution in [0.2, 0.25) is 0 Å². The summed E-state index contributed by atoms with van der Waals surface area (Å²) < 4.78 is 21.8. The summed E-state index contributed by atoms with van der Waals surface area (Å²) in [7, 11) is -3.47. The maximum atomic E-state index is 10.9. The number of hydrogen-bond donors (Lipinski definition) is 1. The second-order valence-electron chi connectivity index (χ2n) is 3.34. The van der Waals surface area contributed by atoms with E-state index in [1.807, 2.05) is 12.1 Å². The Labute approximate surface area is 112 Å². The van der Waals surface area contributed by atoms with Gasteiger partial charge in [0.2, 0.25) is 10.0 Å². The molecule has 1 aromatic heterocycles. The van der Waals surface area contributed by atoms with Crippen LogP contribution in [-0.2, 0) is 15.8 Å². The summed E-state index contributed by atoms with van der Waals surface area (Å²) in [5.74, 6) is -0.141. The fraction of sp³-hybridized carbons (Fsp3) is 0.100. The van der Waals surface area contributed by atoms with E-state index in [-0.39, 0.29) is 30.6 Å². The van der Waals surface area contributed by atoms with Gasteiger partial charge in [-0.15, -0.1) is 24.8 Å². The molecule has 0 spiro atoms. The zero-order valence-electron chi connectivity index (χ0n) is 8.74. The van der Waals surface area contributed by atoms with Gasteiger partial charge in [-0.2, -0.15) is 0 Å². The van der Waals surface area contributed by atoms with Crippen molar-refractivity contribution in [2.45, 2.75) is 5.75 Å². The fourth-order valence-corrected chi connectivity index (χ4v) is 2.09. The van der Waals surface area contributed by atoms with Crippen molar-refractivity contribution >= 4 is 45.7 Å². The first-order chi connectivity index (χ1) is 7.04. The molecule has 0 bridgehead atoms. The molecule has 0 unspecified atom stereocenters. The highest BCUT2D eigenvalue weighted by Gasteiger charge is 2.05. The lowest BCUT2D eigenvalue weighted by Gasteiger charge is -2.01. The minimum Gasteiger partial charge on any atom is -0.256 e. The predicted molar refractivity (Wildman–Crippen MR) is 73.1 cm³/mol. The van der Waals surface area contributed by atoms with Crippen LogP contribution in [0.4, 0.5) is 0 Å². The molecular weight excluding hydrogens is 283 g/mol. The number of aromatic nitrogens is 1. The SMILES string of the molecule is Cl.Cl.NS(=O)(=O)Cc1ccc2ncccc2c1. The highest BCUT2D eigenvalue weighted by atomic mass is 35.5. The zero-order chi connectivity index (χ0) is 10.9. The van der Waals surface area contributed by atoms with E-state index < -0.39 is 10.0 Å². The van der Waals surface area contributed by atoms with Crippen molar-refractivity contribution in [3.63, 3.8) is 0 Å². The van der Waals surface area contributed by atoms with Gasteiger partial charge in [0.25, 0.3) is 0 Å². The smallest absolute Gasteiger partial charge is 0.213 e. The van der Waals surface area contributed by atoms with Crippen LogP contribution in [0.5, 0.6) is 0 Å². The van der Waals surface area contributed by atoms with Crippen LogP contribution in [0.15, 0.2) is 36.5 Å². The Hall–Kier alpha value is -0.880. The van der Waals surface area contributed by atoms with Gasteiger partial charge in [-0.3, -0.25) is 4.98 Å². The molecule has 7 heteroatoms. The van der Waals surface area contributed by atoms with Crippen LogP contribution >= 0.6 is 24.8 Å². The van der Waals surface area contributed by atoms with Crippen molar-refractivity contribution in [1.29, 1.82) is 0 Å². The normalized spacial score (nSPS) is 10.4. The Balaban J connectivity index is 0.00000128. The van der Waals surface area contributed by atoms with E-state index in [0.29, 0.717) is 5.56 Å². The van der Waals surface area contributed by atoms with Crippen molar-refractivity contribution in [2.24, 2.45) is 5.14 Å². The van der Waals surface area contributed by atoms with Crippen LogP contribution in [0.3, 0.4) is 0 Å². The number of halogens is 2. The standard InChI is InChI=1S/C10H10N2O2S.2ClH/c11-15(13,14)7-8-3-4-10-9(6-8)2-1-5-12-10;;/h1-6H,7H2,(H2,11,13,14);2*1H. The first-order valence-corrected chi connectivity index (χ1v) is 6.10. The fourth-order valence-electron chi connectivity index (χ4n) is 1.45. The number of primary sulfonamides is 1. The molecule has 2 N–H and O–H groups in total. The molecule has 2 aromatic rings. The minimum atomic E-state index is -3.47. The summed E-state index contributed by atoms with van der Waals surface area (Å²) in [6.45, 7) is 0. The summed E-state index contributed by atoms with van der Waals surface area (Å²) >= 11 is 0. The van der Waals surface area contributed by atoms with Crippen molar-refractivity contribution in [2.75, 3.05) is 0 Å². The topological polar surface area (TPSA) is 73.1 Å². The van der Waals surface area contributed by atoms with Crippen LogP contribution < -0.4 is 5.14 Å². The van der Waals surface area contributed by atoms with Gasteiger partial charge in [0, 0.05) is 11.6 Å². The Morgan fingerprint density at radius 1 is 1.18 bits per heavy atom. The van der Waals surface area contributed by atoms with Crippen LogP contribution in [0, 0.1) is 0 Å². The van der Waals surface area contributed by atoms with E-state index in [0.717, 1.165) is 10.9 Å². The van der Waals surface area contributed by atoms with Crippen molar-refractivity contribution in [3.8, 4) is 0 Å². The maximum absolute atomic E-state index is 10.9. The Bertz CT molecular complexity index is 602. The molecule has 0 aliphatic rings. The highest BCUT2D eigenvalue weighted by Crippen LogP contribution is 2.14. The average Bonchev–Trinajstić information content (AvgIpc) is 2.15. The van der Waals surface area contributed by atoms with Crippen LogP contribution in [-0.4, -0.2) is 13.4 Å². The molecule has 0 fully saturated rings. The quantitative estimate of drug-likeness (QED) is 0.919. The molecule has 0 saturated heterocycles. The molecule has 17 heavy (non-hydrogen) atoms. The van der Waals surface area contributed by atoms with Crippen molar-refractivity contribution < 1.29 is 8.42 Å². The second kappa shape index (κ2) is 6.16. The van der Waals surface area contributed by atoms with Gasteiger partial charge >= 0.3 is 0 Å². The first-order valence-electron chi connectivity index (χ1n) is 4.39. The molecular formula is C10H12Cl2N2O2S. The van der Waals surface area contributed by atoms with Gasteiger partial charge in [-0.1, -0.05) is 12.1 Å². The number of nitrogens with zero attached hydrogens (tertiary/aromatic N) is 1. The summed E-state index contributed by atoms with van der Waals surface area (Å²) in [4.78, 5) is 4.14. The van der Waals surface area contributed by atoms with Gasteiger partial charge in [0.05, 0.1) is 11.3 Å². The first kappa shape index (κ1) is 16.1. The van der Waals surface area contributed by atoms with E-state index in [4.69, 9.17) is 5.14 Å². The van der Waals surface area contributed by atoms with Gasteiger partial charge in [-0.25, -0.2) is 13.6 Å². The third-order valence-electron chi connectivity index (χ3n) is 2.04. The molecule has 94 valence electrons. The van der Waals surface area contributed by atoms with Crippen molar-refractivity contribution in [3.05, 3.63) is 42.1 Å². The summed E-state index contributed by atoms with van der Waals surface area (Å²) in [5.41, 5.74) is 1.52. The van der Waals surface area contributed by atoms with Crippen LogP contribution in [0.25, 0.3) is 10.9 Å². The highest BCUT2D eigenvalue weighted by molar-refractivity contribution is 7.88. The molecule has 0 radical (unpaired) electrons. The molecule has 0 atom stereocenters. The number of fused-ring (bicyclic) bond motifs is 1. The third-order valence-corrected chi connectivity index (χ3v) is 2.77. The summed E-state index contributed by atoms with van der Waals surface area (Å²) in [5, 5.41) is 5.88. The van der Waals surface area contributed by atoms with Gasteiger partial charge in [0.1, 0.15) is 0 Å². The van der Waals surface area contributed by atoms with E-state index >= 15 is 0 Å². The zero-order valence-corrected chi connectivity index (χ0v) is 11.2. The third kappa shape index (κ3) is 4.47. The Morgan fingerprint density at radius 2 is 1.88 bits per heavy atom. The van der Waals surface area contributed by atoms with E-state index in [2.05, 4.69) is 4.98 Å². The largest absolute Gasteiger partial charge is 0.256 e. The maximum Gasteiger partial charge on any atom is 0.213 e. The van der Waals surface area contributed by atoms with Gasteiger partial charge in [-0.05, 0) is 23.8 Å². The number of hydrogen-bond acceptors (Lipinski definition) is 3. The van der Waals surface area contributed by atoms with Crippen molar-refractivity contribution in [1.82, 2.24) is 4.98 Å². The number of nitrogens with two attached hydrogens (primary N) is 1. The number of pyridine rings is 1. The van der Waals surface area contributed by atoms with E-state index in [1.54, 1.807) is 24.4 Å². The lowest BCUT2D eigenvalue weighted by Crippen LogP contribution is -2.14. The monoisotopic (exact) mass is 294 g/mol. The molecule has 0 aliphatic heterocycles. The predicted octanol–water partition coefficient (Wildman–Crippen LogP) is 1.87. The Kier molecular flexibility index (Phi) is 5.84. The van der Waals surface area contributed by atoms with Crippen LogP contribution in [0.1, 0.15) is 5.56 Å².